The first kappa shape index (κ1) is 27.0. The van der Waals surface area contributed by atoms with Crippen LogP contribution in [0, 0.1) is 5.92 Å². The number of hydrogen-bond acceptors (Lipinski definition) is 3. The summed E-state index contributed by atoms with van der Waals surface area (Å²) >= 11 is 5.19. The molecule has 0 heterocycles. The average Bonchev–Trinajstić information content (AvgIpc) is 2.86. The van der Waals surface area contributed by atoms with Crippen molar-refractivity contribution in [2.75, 3.05) is 12.3 Å². The van der Waals surface area contributed by atoms with E-state index in [1.807, 2.05) is 84.9 Å². The highest BCUT2D eigenvalue weighted by Crippen LogP contribution is 2.21. The summed E-state index contributed by atoms with van der Waals surface area (Å²) in [6.45, 7) is 5.09. The molecule has 0 radical (unpaired) electrons. The van der Waals surface area contributed by atoms with E-state index >= 15 is 0 Å². The monoisotopic (exact) mass is 552 g/mol. The molecule has 0 spiro atoms. The molecule has 0 unspecified atom stereocenters. The number of rotatable bonds is 12. The largest absolute Gasteiger partial charge is 0.354 e. The molecule has 1 N–H and O–H groups in total. The molecule has 3 rings (SSSR count). The van der Waals surface area contributed by atoms with Crippen molar-refractivity contribution in [3.63, 3.8) is 0 Å². The smallest absolute Gasteiger partial charge is 0.243 e. The number of amides is 2. The molecule has 0 aliphatic carbocycles. The fraction of sp³-hybridized carbons (Fsp3) is 0.310. The van der Waals surface area contributed by atoms with Gasteiger partial charge in [-0.1, -0.05) is 90.4 Å². The second-order valence-corrected chi connectivity index (χ2v) is 11.0. The fourth-order valence-corrected chi connectivity index (χ4v) is 5.03. The Morgan fingerprint density at radius 2 is 1.57 bits per heavy atom. The molecule has 0 aliphatic heterocycles. The predicted octanol–water partition coefficient (Wildman–Crippen LogP) is 6.34. The zero-order chi connectivity index (χ0) is 25.0. The van der Waals surface area contributed by atoms with Gasteiger partial charge >= 0.3 is 0 Å². The summed E-state index contributed by atoms with van der Waals surface area (Å²) in [5.74, 6) is 0.854. The second-order valence-electron chi connectivity index (χ2n) is 8.91. The van der Waals surface area contributed by atoms with E-state index in [-0.39, 0.29) is 11.8 Å². The van der Waals surface area contributed by atoms with E-state index in [1.165, 1.54) is 0 Å². The maximum atomic E-state index is 13.6. The van der Waals surface area contributed by atoms with E-state index in [0.29, 0.717) is 37.6 Å². The van der Waals surface area contributed by atoms with Crippen LogP contribution in [0.1, 0.15) is 31.4 Å². The van der Waals surface area contributed by atoms with E-state index in [9.17, 15) is 9.59 Å². The van der Waals surface area contributed by atoms with Crippen LogP contribution < -0.4 is 5.32 Å². The van der Waals surface area contributed by atoms with Crippen LogP contribution in [0.15, 0.2) is 94.3 Å². The van der Waals surface area contributed by atoms with Crippen LogP contribution in [0.2, 0.25) is 0 Å². The van der Waals surface area contributed by atoms with Gasteiger partial charge in [-0.15, -0.1) is 11.8 Å². The summed E-state index contributed by atoms with van der Waals surface area (Å²) in [5, 5.41) is 3.07. The SMILES string of the molecule is CC(C)CNC(=O)[C@H](Cc1ccccc1)N(Cc1cccc(Br)c1)C(=O)CCSc1ccccc1. The third-order valence-corrected chi connectivity index (χ3v) is 7.03. The van der Waals surface area contributed by atoms with E-state index in [0.717, 1.165) is 20.5 Å². The molecule has 6 heteroatoms. The number of thioether (sulfide) groups is 1. The Morgan fingerprint density at radius 3 is 2.23 bits per heavy atom. The molecular weight excluding hydrogens is 520 g/mol. The topological polar surface area (TPSA) is 49.4 Å². The number of halogens is 1. The molecule has 0 saturated carbocycles. The van der Waals surface area contributed by atoms with Gasteiger partial charge in [-0.05, 0) is 41.3 Å². The molecule has 0 saturated heterocycles. The number of nitrogens with zero attached hydrogens (tertiary/aromatic N) is 1. The Labute approximate surface area is 221 Å². The maximum Gasteiger partial charge on any atom is 0.243 e. The molecule has 3 aromatic carbocycles. The Hall–Kier alpha value is -2.57. The van der Waals surface area contributed by atoms with Gasteiger partial charge in [0.2, 0.25) is 11.8 Å². The number of nitrogens with one attached hydrogen (secondary N) is 1. The third-order valence-electron chi connectivity index (χ3n) is 5.53. The van der Waals surface area contributed by atoms with Crippen LogP contribution in [-0.2, 0) is 22.6 Å². The summed E-state index contributed by atoms with van der Waals surface area (Å²) in [7, 11) is 0. The predicted molar refractivity (Wildman–Crippen MR) is 148 cm³/mol. The van der Waals surface area contributed by atoms with Gasteiger partial charge in [0.05, 0.1) is 0 Å². The summed E-state index contributed by atoms with van der Waals surface area (Å²) in [6.07, 6.45) is 0.826. The molecule has 1 atom stereocenters. The Balaban J connectivity index is 1.84. The van der Waals surface area contributed by atoms with Crippen molar-refractivity contribution < 1.29 is 9.59 Å². The molecule has 184 valence electrons. The quantitative estimate of drug-likeness (QED) is 0.266. The highest BCUT2D eigenvalue weighted by Gasteiger charge is 2.30. The van der Waals surface area contributed by atoms with Crippen LogP contribution in [-0.4, -0.2) is 35.1 Å². The highest BCUT2D eigenvalue weighted by molar-refractivity contribution is 9.10. The lowest BCUT2D eigenvalue weighted by Crippen LogP contribution is -2.51. The molecule has 0 bridgehead atoms. The van der Waals surface area contributed by atoms with Crippen molar-refractivity contribution >= 4 is 39.5 Å². The van der Waals surface area contributed by atoms with Gasteiger partial charge in [0, 0.05) is 41.1 Å². The molecule has 35 heavy (non-hydrogen) atoms. The van der Waals surface area contributed by atoms with Crippen LogP contribution in [0.3, 0.4) is 0 Å². The van der Waals surface area contributed by atoms with E-state index in [1.54, 1.807) is 16.7 Å². The van der Waals surface area contributed by atoms with Crippen molar-refractivity contribution in [2.45, 2.75) is 44.2 Å². The average molecular weight is 554 g/mol. The molecule has 3 aromatic rings. The van der Waals surface area contributed by atoms with Crippen LogP contribution in [0.25, 0.3) is 0 Å². The van der Waals surface area contributed by atoms with Gasteiger partial charge in [-0.3, -0.25) is 9.59 Å². The van der Waals surface area contributed by atoms with Gasteiger partial charge in [0.25, 0.3) is 0 Å². The van der Waals surface area contributed by atoms with Crippen molar-refractivity contribution in [1.82, 2.24) is 10.2 Å². The van der Waals surface area contributed by atoms with E-state index in [2.05, 4.69) is 35.1 Å². The minimum absolute atomic E-state index is 0.0194. The second kappa shape index (κ2) is 14.1. The first-order chi connectivity index (χ1) is 16.9. The minimum Gasteiger partial charge on any atom is -0.354 e. The number of carbonyl (C=O) groups is 2. The molecular formula is C29H33BrN2O2S. The highest BCUT2D eigenvalue weighted by atomic mass is 79.9. The lowest BCUT2D eigenvalue weighted by atomic mass is 10.0. The molecule has 0 aromatic heterocycles. The van der Waals surface area contributed by atoms with Crippen LogP contribution in [0.5, 0.6) is 0 Å². The third kappa shape index (κ3) is 9.19. The van der Waals surface area contributed by atoms with Crippen molar-refractivity contribution in [3.8, 4) is 0 Å². The molecule has 0 fully saturated rings. The molecule has 2 amide bonds. The lowest BCUT2D eigenvalue weighted by Gasteiger charge is -2.32. The summed E-state index contributed by atoms with van der Waals surface area (Å²) in [6, 6.07) is 27.3. The Bertz CT molecular complexity index is 1080. The van der Waals surface area contributed by atoms with E-state index in [4.69, 9.17) is 0 Å². The lowest BCUT2D eigenvalue weighted by molar-refractivity contribution is -0.141. The Kier molecular flexibility index (Phi) is 10.9. The van der Waals surface area contributed by atoms with Gasteiger partial charge in [0.1, 0.15) is 6.04 Å². The first-order valence-corrected chi connectivity index (χ1v) is 13.7. The zero-order valence-electron chi connectivity index (χ0n) is 20.3. The number of hydrogen-bond donors (Lipinski definition) is 1. The van der Waals surface area contributed by atoms with E-state index < -0.39 is 6.04 Å². The van der Waals surface area contributed by atoms with Crippen molar-refractivity contribution in [2.24, 2.45) is 5.92 Å². The first-order valence-electron chi connectivity index (χ1n) is 12.0. The Morgan fingerprint density at radius 1 is 0.914 bits per heavy atom. The fourth-order valence-electron chi connectivity index (χ4n) is 3.73. The summed E-state index contributed by atoms with van der Waals surface area (Å²) in [4.78, 5) is 29.9. The van der Waals surface area contributed by atoms with Crippen LogP contribution >= 0.6 is 27.7 Å². The van der Waals surface area contributed by atoms with Gasteiger partial charge in [-0.2, -0.15) is 0 Å². The van der Waals surface area contributed by atoms with Crippen molar-refractivity contribution in [3.05, 3.63) is 101 Å². The molecule has 4 nitrogen and oxygen atoms in total. The molecule has 0 aliphatic rings. The van der Waals surface area contributed by atoms with Gasteiger partial charge in [0.15, 0.2) is 0 Å². The minimum atomic E-state index is -0.593. The van der Waals surface area contributed by atoms with Gasteiger partial charge < -0.3 is 10.2 Å². The number of carbonyl (C=O) groups excluding carboxylic acids is 2. The van der Waals surface area contributed by atoms with Gasteiger partial charge in [-0.25, -0.2) is 0 Å². The zero-order valence-corrected chi connectivity index (χ0v) is 22.7. The van der Waals surface area contributed by atoms with Crippen molar-refractivity contribution in [1.29, 1.82) is 0 Å². The normalized spacial score (nSPS) is 11.8. The summed E-state index contributed by atoms with van der Waals surface area (Å²) in [5.41, 5.74) is 2.01. The number of benzene rings is 3. The maximum absolute atomic E-state index is 13.6. The standard InChI is InChI=1S/C29H33BrN2O2S/c1-22(2)20-31-29(34)27(19-23-10-5-3-6-11-23)32(21-24-12-9-13-25(30)18-24)28(33)16-17-35-26-14-7-4-8-15-26/h3-15,18,22,27H,16-17,19-21H2,1-2H3,(H,31,34)/t27-/m0/s1. The summed E-state index contributed by atoms with van der Waals surface area (Å²) < 4.78 is 0.950. The van der Waals surface area contributed by atoms with Crippen LogP contribution in [0.4, 0.5) is 0 Å².